The van der Waals surface area contributed by atoms with E-state index in [1.807, 2.05) is 0 Å². The first-order valence-electron chi connectivity index (χ1n) is 7.99. The minimum absolute atomic E-state index is 0.372. The van der Waals surface area contributed by atoms with Gasteiger partial charge >= 0.3 is 0 Å². The van der Waals surface area contributed by atoms with Crippen molar-refractivity contribution in [3.05, 3.63) is 0 Å². The Labute approximate surface area is 111 Å². The monoisotopic (exact) mass is 252 g/mol. The molecule has 3 aliphatic rings. The van der Waals surface area contributed by atoms with E-state index >= 15 is 0 Å². The predicted octanol–water partition coefficient (Wildman–Crippen LogP) is 1.66. The Bertz CT molecular complexity index is 265. The predicted molar refractivity (Wildman–Crippen MR) is 73.5 cm³/mol. The third-order valence-electron chi connectivity index (χ3n) is 5.51. The summed E-state index contributed by atoms with van der Waals surface area (Å²) < 4.78 is 0. The lowest BCUT2D eigenvalue weighted by Gasteiger charge is -2.31. The molecule has 0 radical (unpaired) electrons. The van der Waals surface area contributed by atoms with E-state index in [0.29, 0.717) is 24.6 Å². The molecule has 2 saturated carbocycles. The summed E-state index contributed by atoms with van der Waals surface area (Å²) in [5.74, 6) is 1.36. The molecule has 18 heavy (non-hydrogen) atoms. The summed E-state index contributed by atoms with van der Waals surface area (Å²) in [6.45, 7) is 1.59. The number of hydrogen-bond acceptors (Lipinski definition) is 3. The Morgan fingerprint density at radius 1 is 0.944 bits per heavy atom. The lowest BCUT2D eigenvalue weighted by atomic mass is 9.91. The van der Waals surface area contributed by atoms with Gasteiger partial charge in [0.15, 0.2) is 0 Å². The largest absolute Gasteiger partial charge is 0.396 e. The van der Waals surface area contributed by atoms with E-state index in [9.17, 15) is 5.11 Å². The Balaban J connectivity index is 1.57. The summed E-state index contributed by atoms with van der Waals surface area (Å²) in [5.41, 5.74) is 0. The maximum atomic E-state index is 9.44. The zero-order valence-electron chi connectivity index (χ0n) is 11.4. The zero-order chi connectivity index (χ0) is 12.4. The normalized spacial score (nSPS) is 44.8. The van der Waals surface area contributed by atoms with Gasteiger partial charge in [0, 0.05) is 24.7 Å². The van der Waals surface area contributed by atoms with Gasteiger partial charge in [-0.3, -0.25) is 0 Å². The molecule has 1 aliphatic heterocycles. The molecule has 0 aromatic rings. The third kappa shape index (κ3) is 2.59. The van der Waals surface area contributed by atoms with E-state index < -0.39 is 0 Å². The van der Waals surface area contributed by atoms with Crippen molar-refractivity contribution in [2.75, 3.05) is 13.2 Å². The standard InChI is InChI=1S/C15H28N2O/c18-10-11-4-1-6-13(11)17-15-7-2-5-12(15)14-8-3-9-16-14/h11-18H,1-10H2. The highest BCUT2D eigenvalue weighted by Crippen LogP contribution is 2.34. The number of aliphatic hydroxyl groups is 1. The van der Waals surface area contributed by atoms with E-state index in [4.69, 9.17) is 0 Å². The molecule has 0 aromatic carbocycles. The first kappa shape index (κ1) is 12.9. The molecule has 1 saturated heterocycles. The van der Waals surface area contributed by atoms with Crippen molar-refractivity contribution < 1.29 is 5.11 Å². The number of nitrogens with one attached hydrogen (secondary N) is 2. The Kier molecular flexibility index (Phi) is 4.22. The van der Waals surface area contributed by atoms with Crippen molar-refractivity contribution in [1.29, 1.82) is 0 Å². The molecule has 3 rings (SSSR count). The highest BCUT2D eigenvalue weighted by molar-refractivity contribution is 4.96. The quantitative estimate of drug-likeness (QED) is 0.713. The van der Waals surface area contributed by atoms with Crippen LogP contribution in [0, 0.1) is 11.8 Å². The lowest BCUT2D eigenvalue weighted by molar-refractivity contribution is 0.189. The smallest absolute Gasteiger partial charge is 0.0474 e. The van der Waals surface area contributed by atoms with Crippen molar-refractivity contribution in [3.63, 3.8) is 0 Å². The first-order chi connectivity index (χ1) is 8.88. The molecule has 3 N–H and O–H groups in total. The average molecular weight is 252 g/mol. The van der Waals surface area contributed by atoms with Crippen molar-refractivity contribution in [3.8, 4) is 0 Å². The van der Waals surface area contributed by atoms with Crippen LogP contribution in [0.25, 0.3) is 0 Å². The third-order valence-corrected chi connectivity index (χ3v) is 5.51. The highest BCUT2D eigenvalue weighted by atomic mass is 16.3. The van der Waals surface area contributed by atoms with Gasteiger partial charge in [-0.05, 0) is 56.9 Å². The van der Waals surface area contributed by atoms with Crippen molar-refractivity contribution in [2.24, 2.45) is 11.8 Å². The van der Waals surface area contributed by atoms with E-state index in [-0.39, 0.29) is 0 Å². The Morgan fingerprint density at radius 2 is 1.78 bits per heavy atom. The molecule has 0 aromatic heterocycles. The van der Waals surface area contributed by atoms with Crippen LogP contribution in [0.5, 0.6) is 0 Å². The van der Waals surface area contributed by atoms with Crippen LogP contribution in [0.3, 0.4) is 0 Å². The van der Waals surface area contributed by atoms with Gasteiger partial charge in [-0.25, -0.2) is 0 Å². The molecular weight excluding hydrogens is 224 g/mol. The average Bonchev–Trinajstić information content (AvgIpc) is 3.09. The van der Waals surface area contributed by atoms with Gasteiger partial charge in [0.05, 0.1) is 0 Å². The molecule has 3 fully saturated rings. The molecule has 5 unspecified atom stereocenters. The van der Waals surface area contributed by atoms with Gasteiger partial charge in [0.25, 0.3) is 0 Å². The van der Waals surface area contributed by atoms with Crippen LogP contribution in [0.2, 0.25) is 0 Å². The highest BCUT2D eigenvalue weighted by Gasteiger charge is 2.37. The maximum absolute atomic E-state index is 9.44. The van der Waals surface area contributed by atoms with Crippen LogP contribution < -0.4 is 10.6 Å². The molecule has 3 heteroatoms. The van der Waals surface area contributed by atoms with Gasteiger partial charge < -0.3 is 15.7 Å². The zero-order valence-corrected chi connectivity index (χ0v) is 11.4. The summed E-state index contributed by atoms with van der Waals surface area (Å²) in [7, 11) is 0. The van der Waals surface area contributed by atoms with Gasteiger partial charge in [-0.2, -0.15) is 0 Å². The summed E-state index contributed by atoms with van der Waals surface area (Å²) in [6.07, 6.45) is 10.6. The van der Waals surface area contributed by atoms with Gasteiger partial charge in [0.2, 0.25) is 0 Å². The van der Waals surface area contributed by atoms with Gasteiger partial charge in [0.1, 0.15) is 0 Å². The SMILES string of the molecule is OCC1CCCC1NC1CCCC1C1CCCN1. The molecule has 0 amide bonds. The fraction of sp³-hybridized carbons (Fsp3) is 1.00. The maximum Gasteiger partial charge on any atom is 0.0474 e. The van der Waals surface area contributed by atoms with Crippen LogP contribution in [0.15, 0.2) is 0 Å². The fourth-order valence-corrected chi connectivity index (χ4v) is 4.50. The lowest BCUT2D eigenvalue weighted by Crippen LogP contribution is -2.47. The number of rotatable bonds is 4. The fourth-order valence-electron chi connectivity index (χ4n) is 4.50. The summed E-state index contributed by atoms with van der Waals surface area (Å²) in [5, 5.41) is 17.0. The summed E-state index contributed by atoms with van der Waals surface area (Å²) >= 11 is 0. The summed E-state index contributed by atoms with van der Waals surface area (Å²) in [4.78, 5) is 0. The molecule has 3 nitrogen and oxygen atoms in total. The minimum Gasteiger partial charge on any atom is -0.396 e. The van der Waals surface area contributed by atoms with Gasteiger partial charge in [-0.15, -0.1) is 0 Å². The molecule has 0 spiro atoms. The molecule has 5 atom stereocenters. The van der Waals surface area contributed by atoms with Crippen LogP contribution >= 0.6 is 0 Å². The van der Waals surface area contributed by atoms with Crippen molar-refractivity contribution in [2.45, 2.75) is 69.5 Å². The minimum atomic E-state index is 0.372. The second-order valence-corrected chi connectivity index (χ2v) is 6.55. The van der Waals surface area contributed by atoms with E-state index in [0.717, 1.165) is 12.0 Å². The number of aliphatic hydroxyl groups excluding tert-OH is 1. The second kappa shape index (κ2) is 5.89. The van der Waals surface area contributed by atoms with Crippen molar-refractivity contribution >= 4 is 0 Å². The van der Waals surface area contributed by atoms with Crippen LogP contribution in [0.1, 0.15) is 51.4 Å². The number of hydrogen-bond donors (Lipinski definition) is 3. The molecular formula is C15H28N2O. The van der Waals surface area contributed by atoms with Crippen LogP contribution in [-0.4, -0.2) is 36.4 Å². The summed E-state index contributed by atoms with van der Waals surface area (Å²) in [6, 6.07) is 2.05. The topological polar surface area (TPSA) is 44.3 Å². The van der Waals surface area contributed by atoms with Crippen molar-refractivity contribution in [1.82, 2.24) is 10.6 Å². The Morgan fingerprint density at radius 3 is 2.56 bits per heavy atom. The molecule has 0 bridgehead atoms. The second-order valence-electron chi connectivity index (χ2n) is 6.55. The molecule has 1 heterocycles. The van der Waals surface area contributed by atoms with Crippen LogP contribution in [-0.2, 0) is 0 Å². The van der Waals surface area contributed by atoms with Crippen LogP contribution in [0.4, 0.5) is 0 Å². The van der Waals surface area contributed by atoms with E-state index in [1.54, 1.807) is 0 Å². The van der Waals surface area contributed by atoms with Gasteiger partial charge in [-0.1, -0.05) is 12.8 Å². The Hall–Kier alpha value is -0.120. The first-order valence-corrected chi connectivity index (χ1v) is 7.99. The van der Waals surface area contributed by atoms with E-state index in [1.165, 1.54) is 57.9 Å². The van der Waals surface area contributed by atoms with E-state index in [2.05, 4.69) is 10.6 Å². The molecule has 2 aliphatic carbocycles. The molecule has 104 valence electrons.